The molecule has 1 saturated heterocycles. The molecule has 0 bridgehead atoms. The molecule has 7 nitrogen and oxygen atoms in total. The number of amides is 1. The number of nitrogens with zero attached hydrogens (tertiary/aromatic N) is 1. The Morgan fingerprint density at radius 3 is 2.48 bits per heavy atom. The molecule has 1 amide bonds. The number of hydrogen-bond donors (Lipinski definition) is 2. The standard InChI is InChI=1S/C17H24N2O5.ClH/c1-2-3-15(19-8-10-23-11-9-19)12-24-17(22)18-14-6-4-13(5-7-14)16(20)21;/h4-7,15H,2-3,8-12H2,1H3,(H,18,22)(H,20,21);1H. The zero-order chi connectivity index (χ0) is 17.4. The zero-order valence-electron chi connectivity index (χ0n) is 14.3. The molecule has 25 heavy (non-hydrogen) atoms. The quantitative estimate of drug-likeness (QED) is 0.765. The fourth-order valence-corrected chi connectivity index (χ4v) is 2.67. The van der Waals surface area contributed by atoms with Crippen molar-refractivity contribution in [2.75, 3.05) is 38.2 Å². The Morgan fingerprint density at radius 2 is 1.92 bits per heavy atom. The number of carboxylic acid groups (broad SMARTS) is 1. The van der Waals surface area contributed by atoms with Crippen LogP contribution in [0.4, 0.5) is 10.5 Å². The molecule has 0 radical (unpaired) electrons. The summed E-state index contributed by atoms with van der Waals surface area (Å²) in [6, 6.07) is 6.14. The summed E-state index contributed by atoms with van der Waals surface area (Å²) in [5.74, 6) is -1.00. The number of hydrogen-bond acceptors (Lipinski definition) is 5. The summed E-state index contributed by atoms with van der Waals surface area (Å²) in [6.07, 6.45) is 1.44. The van der Waals surface area contributed by atoms with Gasteiger partial charge in [-0.3, -0.25) is 10.2 Å². The Bertz CT molecular complexity index is 546. The number of carboxylic acids is 1. The zero-order valence-corrected chi connectivity index (χ0v) is 15.1. The van der Waals surface area contributed by atoms with Crippen molar-refractivity contribution >= 4 is 30.2 Å². The number of anilines is 1. The number of ether oxygens (including phenoxy) is 2. The Hall–Kier alpha value is -1.83. The van der Waals surface area contributed by atoms with Crippen LogP contribution in [0.1, 0.15) is 30.1 Å². The molecule has 0 saturated carbocycles. The van der Waals surface area contributed by atoms with Crippen LogP contribution in [0.2, 0.25) is 0 Å². The van der Waals surface area contributed by atoms with Gasteiger partial charge in [-0.05, 0) is 30.7 Å². The molecule has 8 heteroatoms. The maximum atomic E-state index is 11.9. The van der Waals surface area contributed by atoms with Crippen molar-refractivity contribution in [1.29, 1.82) is 0 Å². The molecular weight excluding hydrogens is 348 g/mol. The van der Waals surface area contributed by atoms with E-state index >= 15 is 0 Å². The Balaban J connectivity index is 0.00000312. The summed E-state index contributed by atoms with van der Waals surface area (Å²) in [5.41, 5.74) is 0.674. The van der Waals surface area contributed by atoms with Gasteiger partial charge in [0.25, 0.3) is 0 Å². The number of benzene rings is 1. The summed E-state index contributed by atoms with van der Waals surface area (Å²) >= 11 is 0. The van der Waals surface area contributed by atoms with Gasteiger partial charge >= 0.3 is 12.1 Å². The number of nitrogens with one attached hydrogen (secondary N) is 1. The SMILES string of the molecule is CCCC(COC(=O)Nc1ccc(C(=O)O)cc1)N1CCOCC1.Cl. The Morgan fingerprint density at radius 1 is 1.28 bits per heavy atom. The molecule has 1 unspecified atom stereocenters. The molecule has 1 heterocycles. The molecule has 1 aromatic rings. The minimum Gasteiger partial charge on any atom is -0.478 e. The van der Waals surface area contributed by atoms with Crippen molar-refractivity contribution in [3.63, 3.8) is 0 Å². The van der Waals surface area contributed by atoms with E-state index < -0.39 is 12.1 Å². The number of aromatic carboxylic acids is 1. The molecule has 2 N–H and O–H groups in total. The van der Waals surface area contributed by atoms with Gasteiger partial charge in [0.2, 0.25) is 0 Å². The van der Waals surface area contributed by atoms with Crippen LogP contribution in [-0.2, 0) is 9.47 Å². The van der Waals surface area contributed by atoms with Gasteiger partial charge in [0, 0.05) is 24.8 Å². The van der Waals surface area contributed by atoms with Gasteiger partial charge in [-0.15, -0.1) is 12.4 Å². The first-order valence-corrected chi connectivity index (χ1v) is 8.19. The highest BCUT2D eigenvalue weighted by atomic mass is 35.5. The lowest BCUT2D eigenvalue weighted by molar-refractivity contribution is -0.000838. The minimum absolute atomic E-state index is 0. The lowest BCUT2D eigenvalue weighted by Gasteiger charge is -2.34. The number of carbonyl (C=O) groups excluding carboxylic acids is 1. The molecule has 0 spiro atoms. The average molecular weight is 373 g/mol. The fourth-order valence-electron chi connectivity index (χ4n) is 2.67. The van der Waals surface area contributed by atoms with Crippen LogP contribution in [0.25, 0.3) is 0 Å². The maximum absolute atomic E-state index is 11.9. The van der Waals surface area contributed by atoms with Crippen molar-refractivity contribution in [2.24, 2.45) is 0 Å². The number of carbonyl (C=O) groups is 2. The van der Waals surface area contributed by atoms with Crippen molar-refractivity contribution in [2.45, 2.75) is 25.8 Å². The lowest BCUT2D eigenvalue weighted by Crippen LogP contribution is -2.46. The van der Waals surface area contributed by atoms with E-state index in [1.165, 1.54) is 24.3 Å². The van der Waals surface area contributed by atoms with Gasteiger partial charge in [-0.25, -0.2) is 9.59 Å². The van der Waals surface area contributed by atoms with Gasteiger partial charge in [-0.1, -0.05) is 13.3 Å². The van der Waals surface area contributed by atoms with Crippen LogP contribution >= 0.6 is 12.4 Å². The normalized spacial score (nSPS) is 15.7. The molecule has 1 aromatic carbocycles. The highest BCUT2D eigenvalue weighted by Crippen LogP contribution is 2.12. The van der Waals surface area contributed by atoms with Crippen LogP contribution in [0.3, 0.4) is 0 Å². The molecule has 1 aliphatic heterocycles. The Kier molecular flexibility index (Phi) is 9.26. The monoisotopic (exact) mass is 372 g/mol. The minimum atomic E-state index is -1.00. The lowest BCUT2D eigenvalue weighted by atomic mass is 10.1. The van der Waals surface area contributed by atoms with E-state index in [2.05, 4.69) is 17.1 Å². The molecule has 0 aromatic heterocycles. The molecule has 2 rings (SSSR count). The largest absolute Gasteiger partial charge is 0.478 e. The fraction of sp³-hybridized carbons (Fsp3) is 0.529. The third-order valence-electron chi connectivity index (χ3n) is 3.97. The molecule has 1 fully saturated rings. The average Bonchev–Trinajstić information content (AvgIpc) is 2.60. The molecule has 1 atom stereocenters. The summed E-state index contributed by atoms with van der Waals surface area (Å²) in [4.78, 5) is 25.0. The summed E-state index contributed by atoms with van der Waals surface area (Å²) < 4.78 is 10.7. The molecule has 140 valence electrons. The van der Waals surface area contributed by atoms with Crippen molar-refractivity contribution in [3.05, 3.63) is 29.8 Å². The van der Waals surface area contributed by atoms with Gasteiger partial charge < -0.3 is 14.6 Å². The number of rotatable bonds is 7. The second-order valence-electron chi connectivity index (χ2n) is 5.70. The van der Waals surface area contributed by atoms with E-state index in [4.69, 9.17) is 14.6 Å². The van der Waals surface area contributed by atoms with E-state index in [0.717, 1.165) is 25.9 Å². The van der Waals surface area contributed by atoms with E-state index in [1.54, 1.807) is 0 Å². The summed E-state index contributed by atoms with van der Waals surface area (Å²) in [6.45, 7) is 5.56. The summed E-state index contributed by atoms with van der Waals surface area (Å²) in [5, 5.41) is 11.5. The van der Waals surface area contributed by atoms with Crippen LogP contribution in [0, 0.1) is 0 Å². The van der Waals surface area contributed by atoms with Gasteiger partial charge in [0.1, 0.15) is 6.61 Å². The van der Waals surface area contributed by atoms with Crippen LogP contribution in [0.15, 0.2) is 24.3 Å². The van der Waals surface area contributed by atoms with Crippen molar-refractivity contribution < 1.29 is 24.2 Å². The predicted octanol–water partition coefficient (Wildman–Crippen LogP) is 2.86. The second-order valence-corrected chi connectivity index (χ2v) is 5.70. The topological polar surface area (TPSA) is 88.1 Å². The first-order chi connectivity index (χ1) is 11.6. The van der Waals surface area contributed by atoms with Crippen LogP contribution in [-0.4, -0.2) is 61.0 Å². The number of morpholine rings is 1. The van der Waals surface area contributed by atoms with Crippen LogP contribution < -0.4 is 5.32 Å². The van der Waals surface area contributed by atoms with E-state index in [-0.39, 0.29) is 24.0 Å². The first kappa shape index (κ1) is 21.2. The molecule has 0 aliphatic carbocycles. The Labute approximate surface area is 153 Å². The van der Waals surface area contributed by atoms with E-state index in [9.17, 15) is 9.59 Å². The third kappa shape index (κ3) is 6.89. The van der Waals surface area contributed by atoms with E-state index in [1.807, 2.05) is 0 Å². The van der Waals surface area contributed by atoms with Gasteiger partial charge in [-0.2, -0.15) is 0 Å². The molecular formula is C17H25ClN2O5. The van der Waals surface area contributed by atoms with Crippen molar-refractivity contribution in [3.8, 4) is 0 Å². The first-order valence-electron chi connectivity index (χ1n) is 8.19. The van der Waals surface area contributed by atoms with Gasteiger partial charge in [0.05, 0.1) is 18.8 Å². The van der Waals surface area contributed by atoms with E-state index in [0.29, 0.717) is 25.5 Å². The predicted molar refractivity (Wildman–Crippen MR) is 96.7 cm³/mol. The van der Waals surface area contributed by atoms with Crippen LogP contribution in [0.5, 0.6) is 0 Å². The highest BCUT2D eigenvalue weighted by Gasteiger charge is 2.21. The third-order valence-corrected chi connectivity index (χ3v) is 3.97. The summed E-state index contributed by atoms with van der Waals surface area (Å²) in [7, 11) is 0. The van der Waals surface area contributed by atoms with Gasteiger partial charge in [0.15, 0.2) is 0 Å². The number of halogens is 1. The van der Waals surface area contributed by atoms with Crippen molar-refractivity contribution in [1.82, 2.24) is 4.90 Å². The maximum Gasteiger partial charge on any atom is 0.411 e. The smallest absolute Gasteiger partial charge is 0.411 e. The molecule has 1 aliphatic rings. The highest BCUT2D eigenvalue weighted by molar-refractivity contribution is 5.89. The second kappa shape index (κ2) is 10.9.